The van der Waals surface area contributed by atoms with Gasteiger partial charge in [-0.3, -0.25) is 4.79 Å². The predicted molar refractivity (Wildman–Crippen MR) is 91.6 cm³/mol. The highest BCUT2D eigenvalue weighted by molar-refractivity contribution is 8.13. The minimum absolute atomic E-state index is 0.117. The van der Waals surface area contributed by atoms with Crippen LogP contribution in [-0.4, -0.2) is 16.7 Å². The molecule has 0 fully saturated rings. The third kappa shape index (κ3) is 4.50. The number of hydrogen-bond acceptors (Lipinski definition) is 5. The number of nitrogen functional groups attached to an aromatic ring is 1. The summed E-state index contributed by atoms with van der Waals surface area (Å²) in [6.45, 7) is 1.67. The number of carbonyl (C=O) groups is 1. The van der Waals surface area contributed by atoms with E-state index in [1.54, 1.807) is 0 Å². The average Bonchev–Trinajstić information content (AvgIpc) is 2.54. The predicted octanol–water partition coefficient (Wildman–Crippen LogP) is 4.26. The summed E-state index contributed by atoms with van der Waals surface area (Å²) in [6, 6.07) is 7.76. The van der Waals surface area contributed by atoms with Crippen LogP contribution in [0.2, 0.25) is 10.0 Å². The normalized spacial score (nSPS) is 10.6. The molecule has 1 heterocycles. The number of benzene rings is 1. The van der Waals surface area contributed by atoms with E-state index in [4.69, 9.17) is 33.7 Å². The number of nitrogens with zero attached hydrogens (tertiary/aromatic N) is 1. The van der Waals surface area contributed by atoms with Crippen LogP contribution in [0.25, 0.3) is 0 Å². The summed E-state index contributed by atoms with van der Waals surface area (Å²) in [4.78, 5) is 15.3. The Morgan fingerprint density at radius 1 is 1.35 bits per heavy atom. The Bertz CT molecular complexity index is 744. The first-order valence-corrected chi connectivity index (χ1v) is 8.27. The number of ether oxygens (including phenoxy) is 1. The molecule has 2 aromatic rings. The molecule has 4 nitrogen and oxygen atoms in total. The fourth-order valence-electron chi connectivity index (χ4n) is 1.70. The number of thioether (sulfide) groups is 1. The van der Waals surface area contributed by atoms with Gasteiger partial charge in [0, 0.05) is 5.75 Å². The van der Waals surface area contributed by atoms with Gasteiger partial charge >= 0.3 is 0 Å². The molecular formula is C15H13Cl2FN2O2S. The van der Waals surface area contributed by atoms with Crippen molar-refractivity contribution in [3.63, 3.8) is 0 Å². The Balaban J connectivity index is 1.94. The highest BCUT2D eigenvalue weighted by Gasteiger charge is 2.17. The molecule has 2 N–H and O–H groups in total. The number of hydrogen-bond donors (Lipinski definition) is 1. The molecule has 0 amide bonds. The molecule has 0 bridgehead atoms. The minimum Gasteiger partial charge on any atom is -0.467 e. The lowest BCUT2D eigenvalue weighted by Crippen LogP contribution is -2.10. The van der Waals surface area contributed by atoms with Gasteiger partial charge in [0.25, 0.3) is 0 Å². The van der Waals surface area contributed by atoms with E-state index in [9.17, 15) is 9.18 Å². The smallest absolute Gasteiger partial charge is 0.238 e. The topological polar surface area (TPSA) is 65.2 Å². The third-order valence-corrected chi connectivity index (χ3v) is 4.64. The minimum atomic E-state index is -0.997. The second-order valence-corrected chi connectivity index (χ2v) is 6.41. The zero-order valence-corrected chi connectivity index (χ0v) is 14.4. The number of nitrogens with two attached hydrogens (primary N) is 1. The maximum atomic E-state index is 13.4. The van der Waals surface area contributed by atoms with Gasteiger partial charge in [0.1, 0.15) is 10.0 Å². The van der Waals surface area contributed by atoms with Gasteiger partial charge < -0.3 is 10.5 Å². The average molecular weight is 375 g/mol. The zero-order chi connectivity index (χ0) is 17.0. The summed E-state index contributed by atoms with van der Waals surface area (Å²) < 4.78 is 18.5. The number of carbonyl (C=O) groups excluding carboxylic acids is 1. The number of aryl methyl sites for hydroxylation is 1. The van der Waals surface area contributed by atoms with Crippen molar-refractivity contribution in [3.05, 3.63) is 51.4 Å². The number of pyridine rings is 1. The maximum absolute atomic E-state index is 13.4. The van der Waals surface area contributed by atoms with E-state index in [2.05, 4.69) is 4.98 Å². The van der Waals surface area contributed by atoms with Gasteiger partial charge in [-0.2, -0.15) is 9.37 Å². The van der Waals surface area contributed by atoms with E-state index in [-0.39, 0.29) is 33.3 Å². The van der Waals surface area contributed by atoms with Crippen molar-refractivity contribution in [3.8, 4) is 5.88 Å². The molecule has 0 radical (unpaired) electrons. The van der Waals surface area contributed by atoms with Crippen molar-refractivity contribution >= 4 is 45.8 Å². The van der Waals surface area contributed by atoms with Crippen molar-refractivity contribution < 1.29 is 13.9 Å². The van der Waals surface area contributed by atoms with E-state index in [1.165, 1.54) is 0 Å². The van der Waals surface area contributed by atoms with Crippen LogP contribution in [0, 0.1) is 12.9 Å². The van der Waals surface area contributed by atoms with Crippen LogP contribution in [0.3, 0.4) is 0 Å². The van der Waals surface area contributed by atoms with Crippen LogP contribution < -0.4 is 10.5 Å². The van der Waals surface area contributed by atoms with E-state index in [1.807, 2.05) is 31.2 Å². The molecule has 0 saturated heterocycles. The van der Waals surface area contributed by atoms with Gasteiger partial charge in [-0.05, 0) is 18.1 Å². The second-order valence-electron chi connectivity index (χ2n) is 4.63. The SMILES string of the molecule is Cc1ccccc1CSC(=O)COc1nc(F)c(Cl)c(N)c1Cl. The first kappa shape index (κ1) is 17.8. The van der Waals surface area contributed by atoms with Crippen LogP contribution in [-0.2, 0) is 10.5 Å². The Morgan fingerprint density at radius 3 is 2.74 bits per heavy atom. The van der Waals surface area contributed by atoms with E-state index in [0.29, 0.717) is 5.75 Å². The van der Waals surface area contributed by atoms with Gasteiger partial charge in [0.15, 0.2) is 6.61 Å². The molecule has 0 unspecified atom stereocenters. The molecule has 0 aliphatic rings. The van der Waals surface area contributed by atoms with Crippen molar-refractivity contribution in [1.29, 1.82) is 0 Å². The fourth-order valence-corrected chi connectivity index (χ4v) is 2.86. The molecular weight excluding hydrogens is 362 g/mol. The third-order valence-electron chi connectivity index (χ3n) is 3.02. The lowest BCUT2D eigenvalue weighted by Gasteiger charge is -2.09. The molecule has 2 rings (SSSR count). The van der Waals surface area contributed by atoms with Crippen LogP contribution in [0.1, 0.15) is 11.1 Å². The second kappa shape index (κ2) is 7.86. The van der Waals surface area contributed by atoms with Gasteiger partial charge in [-0.15, -0.1) is 0 Å². The monoisotopic (exact) mass is 374 g/mol. The van der Waals surface area contributed by atoms with Crippen LogP contribution in [0.5, 0.6) is 5.88 Å². The Morgan fingerprint density at radius 2 is 2.04 bits per heavy atom. The summed E-state index contributed by atoms with van der Waals surface area (Å²) in [7, 11) is 0. The summed E-state index contributed by atoms with van der Waals surface area (Å²) in [5.41, 5.74) is 7.52. The Hall–Kier alpha value is -1.50. The zero-order valence-electron chi connectivity index (χ0n) is 12.1. The van der Waals surface area contributed by atoms with Gasteiger partial charge in [-0.1, -0.05) is 59.2 Å². The molecule has 122 valence electrons. The molecule has 0 atom stereocenters. The van der Waals surface area contributed by atoms with Gasteiger partial charge in [0.2, 0.25) is 16.9 Å². The lowest BCUT2D eigenvalue weighted by molar-refractivity contribution is -0.112. The van der Waals surface area contributed by atoms with Crippen LogP contribution >= 0.6 is 35.0 Å². The number of aromatic nitrogens is 1. The highest BCUT2D eigenvalue weighted by atomic mass is 35.5. The van der Waals surface area contributed by atoms with Gasteiger partial charge in [-0.25, -0.2) is 0 Å². The maximum Gasteiger partial charge on any atom is 0.238 e. The molecule has 8 heteroatoms. The molecule has 0 aliphatic carbocycles. The summed E-state index contributed by atoms with van der Waals surface area (Å²) >= 11 is 12.5. The van der Waals surface area contributed by atoms with Crippen LogP contribution in [0.15, 0.2) is 24.3 Å². The van der Waals surface area contributed by atoms with Gasteiger partial charge in [0.05, 0.1) is 5.69 Å². The quantitative estimate of drug-likeness (QED) is 0.792. The summed E-state index contributed by atoms with van der Waals surface area (Å²) in [6.07, 6.45) is 0. The molecule has 0 saturated carbocycles. The van der Waals surface area contributed by atoms with Crippen molar-refractivity contribution in [2.75, 3.05) is 12.3 Å². The summed E-state index contributed by atoms with van der Waals surface area (Å²) in [5, 5.41) is -0.726. The summed E-state index contributed by atoms with van der Waals surface area (Å²) in [5.74, 6) is -0.729. The fraction of sp³-hybridized carbons (Fsp3) is 0.200. The molecule has 0 aliphatic heterocycles. The lowest BCUT2D eigenvalue weighted by atomic mass is 10.1. The number of rotatable bonds is 5. The van der Waals surface area contributed by atoms with Crippen molar-refractivity contribution in [1.82, 2.24) is 4.98 Å². The van der Waals surface area contributed by atoms with E-state index >= 15 is 0 Å². The first-order chi connectivity index (χ1) is 10.9. The van der Waals surface area contributed by atoms with E-state index in [0.717, 1.165) is 22.9 Å². The first-order valence-electron chi connectivity index (χ1n) is 6.53. The Labute approximate surface area is 147 Å². The highest BCUT2D eigenvalue weighted by Crippen LogP contribution is 2.35. The molecule has 0 spiro atoms. The standard InChI is InChI=1S/C15H13Cl2FN2O2S/c1-8-4-2-3-5-9(8)7-23-10(21)6-22-15-12(17)13(19)11(16)14(18)20-15/h2-5H,6-7H2,1H3,(H2,19,20). The van der Waals surface area contributed by atoms with Crippen molar-refractivity contribution in [2.45, 2.75) is 12.7 Å². The molecule has 1 aromatic heterocycles. The molecule has 1 aromatic carbocycles. The van der Waals surface area contributed by atoms with Crippen LogP contribution in [0.4, 0.5) is 10.1 Å². The Kier molecular flexibility index (Phi) is 6.10. The largest absolute Gasteiger partial charge is 0.467 e. The van der Waals surface area contributed by atoms with Crippen molar-refractivity contribution in [2.24, 2.45) is 0 Å². The number of anilines is 1. The molecule has 23 heavy (non-hydrogen) atoms. The van der Waals surface area contributed by atoms with E-state index < -0.39 is 5.95 Å². The number of halogens is 3.